The number of nitrogens with zero attached hydrogens (tertiary/aromatic N) is 3. The zero-order valence-corrected chi connectivity index (χ0v) is 11.4. The molecule has 102 valence electrons. The number of hydrogen-bond donors (Lipinski definition) is 1. The maximum absolute atomic E-state index is 5.93. The van der Waals surface area contributed by atoms with E-state index in [1.807, 2.05) is 0 Å². The molecule has 5 nitrogen and oxygen atoms in total. The first-order chi connectivity index (χ1) is 8.69. The first kappa shape index (κ1) is 13.5. The maximum atomic E-state index is 5.93. The highest BCUT2D eigenvalue weighted by Crippen LogP contribution is 2.22. The lowest BCUT2D eigenvalue weighted by Crippen LogP contribution is -2.38. The maximum Gasteiger partial charge on any atom is 0.240 e. The monoisotopic (exact) mass is 252 g/mol. The van der Waals surface area contributed by atoms with Crippen molar-refractivity contribution >= 4 is 0 Å². The second-order valence-corrected chi connectivity index (χ2v) is 5.34. The third-order valence-electron chi connectivity index (χ3n) is 3.73. The van der Waals surface area contributed by atoms with Crippen LogP contribution in [-0.4, -0.2) is 34.2 Å². The second kappa shape index (κ2) is 6.29. The molecule has 1 aliphatic rings. The summed E-state index contributed by atoms with van der Waals surface area (Å²) in [6.45, 7) is 2.87. The molecule has 1 heterocycles. The van der Waals surface area contributed by atoms with Gasteiger partial charge in [0.15, 0.2) is 5.82 Å². The Hall–Kier alpha value is -0.940. The SMILES string of the molecule is CCCc1noc(CN(C)C2CCC(N)CC2)n1. The molecule has 0 radical (unpaired) electrons. The first-order valence-corrected chi connectivity index (χ1v) is 6.96. The lowest BCUT2D eigenvalue weighted by atomic mass is 9.91. The van der Waals surface area contributed by atoms with E-state index in [9.17, 15) is 0 Å². The molecule has 1 fully saturated rings. The zero-order chi connectivity index (χ0) is 13.0. The van der Waals surface area contributed by atoms with E-state index in [-0.39, 0.29) is 0 Å². The van der Waals surface area contributed by atoms with E-state index in [1.54, 1.807) is 0 Å². The van der Waals surface area contributed by atoms with Crippen molar-refractivity contribution < 1.29 is 4.52 Å². The fourth-order valence-corrected chi connectivity index (χ4v) is 2.56. The fraction of sp³-hybridized carbons (Fsp3) is 0.846. The van der Waals surface area contributed by atoms with Gasteiger partial charge in [0.2, 0.25) is 5.89 Å². The van der Waals surface area contributed by atoms with E-state index in [0.717, 1.165) is 43.9 Å². The van der Waals surface area contributed by atoms with Gasteiger partial charge in [-0.25, -0.2) is 0 Å². The highest BCUT2D eigenvalue weighted by molar-refractivity contribution is 4.88. The summed E-state index contributed by atoms with van der Waals surface area (Å²) in [6, 6.07) is 1.00. The van der Waals surface area contributed by atoms with Crippen LogP contribution in [0.5, 0.6) is 0 Å². The quantitative estimate of drug-likeness (QED) is 0.864. The summed E-state index contributed by atoms with van der Waals surface area (Å²) in [6.07, 6.45) is 6.54. The van der Waals surface area contributed by atoms with Crippen molar-refractivity contribution in [3.05, 3.63) is 11.7 Å². The van der Waals surface area contributed by atoms with Crippen LogP contribution in [-0.2, 0) is 13.0 Å². The molecule has 0 aromatic carbocycles. The van der Waals surface area contributed by atoms with Gasteiger partial charge in [-0.3, -0.25) is 4.90 Å². The van der Waals surface area contributed by atoms with Crippen LogP contribution in [0.4, 0.5) is 0 Å². The molecule has 2 N–H and O–H groups in total. The molecule has 0 spiro atoms. The van der Waals surface area contributed by atoms with E-state index in [1.165, 1.54) is 12.8 Å². The van der Waals surface area contributed by atoms with Gasteiger partial charge in [0.25, 0.3) is 0 Å². The molecule has 0 unspecified atom stereocenters. The summed E-state index contributed by atoms with van der Waals surface area (Å²) in [7, 11) is 2.13. The average Bonchev–Trinajstić information content (AvgIpc) is 2.78. The van der Waals surface area contributed by atoms with Crippen LogP contribution in [0.1, 0.15) is 50.7 Å². The lowest BCUT2D eigenvalue weighted by Gasteiger charge is -2.32. The van der Waals surface area contributed by atoms with Gasteiger partial charge in [0.1, 0.15) is 0 Å². The number of hydrogen-bond acceptors (Lipinski definition) is 5. The van der Waals surface area contributed by atoms with Crippen LogP contribution in [0.2, 0.25) is 0 Å². The molecule has 0 bridgehead atoms. The van der Waals surface area contributed by atoms with Gasteiger partial charge in [-0.1, -0.05) is 12.1 Å². The van der Waals surface area contributed by atoms with Crippen LogP contribution in [0.15, 0.2) is 4.52 Å². The predicted octanol–water partition coefficient (Wildman–Crippen LogP) is 1.72. The predicted molar refractivity (Wildman–Crippen MR) is 70.0 cm³/mol. The standard InChI is InChI=1S/C13H24N4O/c1-3-4-12-15-13(18-16-12)9-17(2)11-7-5-10(14)6-8-11/h10-11H,3-9,14H2,1-2H3. The van der Waals surface area contributed by atoms with Crippen LogP contribution >= 0.6 is 0 Å². The van der Waals surface area contributed by atoms with Crippen molar-refractivity contribution in [1.29, 1.82) is 0 Å². The van der Waals surface area contributed by atoms with Gasteiger partial charge in [-0.2, -0.15) is 4.98 Å². The summed E-state index contributed by atoms with van der Waals surface area (Å²) in [5, 5.41) is 3.98. The first-order valence-electron chi connectivity index (χ1n) is 6.96. The fourth-order valence-electron chi connectivity index (χ4n) is 2.56. The minimum absolute atomic E-state index is 0.397. The number of nitrogens with two attached hydrogens (primary N) is 1. The number of rotatable bonds is 5. The van der Waals surface area contributed by atoms with Crippen molar-refractivity contribution in [3.8, 4) is 0 Å². The molecule has 0 aliphatic heterocycles. The van der Waals surface area contributed by atoms with Crippen molar-refractivity contribution in [1.82, 2.24) is 15.0 Å². The van der Waals surface area contributed by atoms with E-state index in [2.05, 4.69) is 29.0 Å². The topological polar surface area (TPSA) is 68.2 Å². The summed E-state index contributed by atoms with van der Waals surface area (Å²) in [5.74, 6) is 1.56. The molecule has 5 heteroatoms. The van der Waals surface area contributed by atoms with E-state index in [4.69, 9.17) is 10.3 Å². The Kier molecular flexibility index (Phi) is 4.72. The van der Waals surface area contributed by atoms with Gasteiger partial charge >= 0.3 is 0 Å². The van der Waals surface area contributed by atoms with Crippen LogP contribution in [0.3, 0.4) is 0 Å². The molecule has 1 aromatic heterocycles. The van der Waals surface area contributed by atoms with Gasteiger partial charge in [-0.15, -0.1) is 0 Å². The molecule has 1 aliphatic carbocycles. The highest BCUT2D eigenvalue weighted by atomic mass is 16.5. The average molecular weight is 252 g/mol. The van der Waals surface area contributed by atoms with E-state index >= 15 is 0 Å². The molecule has 2 rings (SSSR count). The Morgan fingerprint density at radius 3 is 2.72 bits per heavy atom. The third-order valence-corrected chi connectivity index (χ3v) is 3.73. The summed E-state index contributed by atoms with van der Waals surface area (Å²) >= 11 is 0. The minimum atomic E-state index is 0.397. The zero-order valence-electron chi connectivity index (χ0n) is 11.4. The minimum Gasteiger partial charge on any atom is -0.338 e. The van der Waals surface area contributed by atoms with Gasteiger partial charge in [0, 0.05) is 18.5 Å². The third kappa shape index (κ3) is 3.53. The Bertz CT molecular complexity index is 358. The Labute approximate surface area is 109 Å². The smallest absolute Gasteiger partial charge is 0.240 e. The van der Waals surface area contributed by atoms with Gasteiger partial charge < -0.3 is 10.3 Å². The second-order valence-electron chi connectivity index (χ2n) is 5.34. The van der Waals surface area contributed by atoms with E-state index in [0.29, 0.717) is 12.1 Å². The van der Waals surface area contributed by atoms with E-state index < -0.39 is 0 Å². The summed E-state index contributed by atoms with van der Waals surface area (Å²) < 4.78 is 5.27. The molecule has 18 heavy (non-hydrogen) atoms. The molecule has 0 atom stereocenters. The van der Waals surface area contributed by atoms with Gasteiger partial charge in [-0.05, 0) is 39.2 Å². The Morgan fingerprint density at radius 1 is 1.33 bits per heavy atom. The lowest BCUT2D eigenvalue weighted by molar-refractivity contribution is 0.158. The largest absolute Gasteiger partial charge is 0.338 e. The Morgan fingerprint density at radius 2 is 2.06 bits per heavy atom. The van der Waals surface area contributed by atoms with Crippen LogP contribution < -0.4 is 5.73 Å². The molecule has 0 amide bonds. The molecule has 0 saturated heterocycles. The van der Waals surface area contributed by atoms with Crippen LogP contribution in [0.25, 0.3) is 0 Å². The number of aryl methyl sites for hydroxylation is 1. The van der Waals surface area contributed by atoms with Crippen molar-refractivity contribution in [2.24, 2.45) is 5.73 Å². The molecule has 1 aromatic rings. The molecule has 1 saturated carbocycles. The Balaban J connectivity index is 1.84. The van der Waals surface area contributed by atoms with Crippen molar-refractivity contribution in [2.45, 2.75) is 64.1 Å². The normalized spacial score (nSPS) is 24.7. The summed E-state index contributed by atoms with van der Waals surface area (Å²) in [5.41, 5.74) is 5.93. The molecular weight excluding hydrogens is 228 g/mol. The summed E-state index contributed by atoms with van der Waals surface area (Å²) in [4.78, 5) is 6.72. The highest BCUT2D eigenvalue weighted by Gasteiger charge is 2.23. The van der Waals surface area contributed by atoms with Crippen molar-refractivity contribution in [3.63, 3.8) is 0 Å². The number of aromatic nitrogens is 2. The van der Waals surface area contributed by atoms with Crippen LogP contribution in [0, 0.1) is 0 Å². The van der Waals surface area contributed by atoms with Gasteiger partial charge in [0.05, 0.1) is 6.54 Å². The molecular formula is C13H24N4O. The van der Waals surface area contributed by atoms with Crippen molar-refractivity contribution in [2.75, 3.05) is 7.05 Å².